The highest BCUT2D eigenvalue weighted by Gasteiger charge is 2.40. The number of nitrogens with zero attached hydrogens (tertiary/aromatic N) is 3. The quantitative estimate of drug-likeness (QED) is 0.0127. The SMILES string of the molecule is CC(C)C[C@H](NC(=O)[C@H](CCCN=C(N)N)NC(=O)[C@H](CCC(N)=O)NC(=O)[C@H](CC(C)C)NC(=O)[C@@H]1CCCN1C(=O)CNC(=O)[C@H](C)NC(=O)[C@H](CCCN=C(N)N)NC(=O)[C@@H](N)CS)C(=O)N[C@@H](CS)C(=O)N[C@@H](CCC(=O)O)C(=O)N[C@@H](CCCCN)C(=O)N[C@@H](Cc1ccc(O)cc1)C(=O)N[C@@H](Cc1ccccc1)C(=O)O. The van der Waals surface area contributed by atoms with Crippen LogP contribution in [0.2, 0.25) is 0 Å². The molecule has 29 N–H and O–H groups in total. The molecule has 43 heteroatoms. The van der Waals surface area contributed by atoms with Gasteiger partial charge < -0.3 is 124 Å². The Balaban J connectivity index is 1.88. The van der Waals surface area contributed by atoms with E-state index in [0.29, 0.717) is 24.0 Å². The molecule has 13 atom stereocenters. The van der Waals surface area contributed by atoms with Crippen molar-refractivity contribution in [1.29, 1.82) is 0 Å². The largest absolute Gasteiger partial charge is 0.508 e. The van der Waals surface area contributed by atoms with Crippen molar-refractivity contribution in [2.45, 2.75) is 222 Å². The van der Waals surface area contributed by atoms with Crippen molar-refractivity contribution in [2.24, 2.45) is 62.0 Å². The summed E-state index contributed by atoms with van der Waals surface area (Å²) in [6.45, 7) is 7.79. The fourth-order valence-electron chi connectivity index (χ4n) is 12.1. The van der Waals surface area contributed by atoms with E-state index in [1.165, 1.54) is 36.1 Å². The molecule has 0 spiro atoms. The Morgan fingerprint density at radius 3 is 1.35 bits per heavy atom. The summed E-state index contributed by atoms with van der Waals surface area (Å²) in [5, 5.41) is 60.4. The molecule has 0 unspecified atom stereocenters. The Hall–Kier alpha value is -11.1. The van der Waals surface area contributed by atoms with Gasteiger partial charge in [-0.15, -0.1) is 0 Å². The Morgan fingerprint density at radius 2 is 0.880 bits per heavy atom. The van der Waals surface area contributed by atoms with Crippen LogP contribution in [0.4, 0.5) is 0 Å². The molecule has 41 nitrogen and oxygen atoms in total. The molecule has 0 aromatic heterocycles. The number of nitrogens with one attached hydrogen (secondary N) is 12. The molecule has 1 aliphatic rings. The zero-order chi connectivity index (χ0) is 87.6. The van der Waals surface area contributed by atoms with Crippen LogP contribution < -0.4 is 104 Å². The summed E-state index contributed by atoms with van der Waals surface area (Å²) < 4.78 is 0. The van der Waals surface area contributed by atoms with E-state index in [-0.39, 0.29) is 132 Å². The number of aliphatic carboxylic acids is 2. The van der Waals surface area contributed by atoms with Gasteiger partial charge in [0.15, 0.2) is 11.9 Å². The van der Waals surface area contributed by atoms with Crippen LogP contribution in [-0.2, 0) is 89.6 Å². The maximum Gasteiger partial charge on any atom is 0.326 e. The topological polar surface area (TPSA) is 688 Å². The molecule has 0 saturated carbocycles. The first-order chi connectivity index (χ1) is 55.3. The van der Waals surface area contributed by atoms with E-state index in [4.69, 9.17) is 40.1 Å². The maximum absolute atomic E-state index is 14.6. The first kappa shape index (κ1) is 100. The molecular formula is C74H118N22O19S2. The predicted molar refractivity (Wildman–Crippen MR) is 437 cm³/mol. The normalized spacial score (nSPS) is 15.4. The lowest BCUT2D eigenvalue weighted by atomic mass is 10.0. The second-order valence-electron chi connectivity index (χ2n) is 29.1. The number of guanidine groups is 2. The Labute approximate surface area is 689 Å². The van der Waals surface area contributed by atoms with Crippen molar-refractivity contribution in [1.82, 2.24) is 68.7 Å². The zero-order valence-electron chi connectivity index (χ0n) is 66.5. The van der Waals surface area contributed by atoms with E-state index < -0.39 is 211 Å². The van der Waals surface area contributed by atoms with Crippen molar-refractivity contribution >= 4 is 132 Å². The van der Waals surface area contributed by atoms with Gasteiger partial charge in [0.05, 0.1) is 12.6 Å². The number of thiol groups is 2. The number of phenolic OH excluding ortho intramolecular Hbond substituents is 1. The second kappa shape index (κ2) is 52.5. The maximum atomic E-state index is 14.6. The third-order valence-corrected chi connectivity index (χ3v) is 19.1. The third kappa shape index (κ3) is 38.0. The van der Waals surface area contributed by atoms with Crippen LogP contribution in [-0.4, -0.2) is 250 Å². The van der Waals surface area contributed by atoms with Gasteiger partial charge in [-0.3, -0.25) is 81.9 Å². The molecule has 1 aliphatic heterocycles. The van der Waals surface area contributed by atoms with E-state index in [1.54, 1.807) is 58.0 Å². The van der Waals surface area contributed by atoms with Crippen LogP contribution >= 0.6 is 25.3 Å². The molecule has 1 saturated heterocycles. The Kier molecular flexibility index (Phi) is 44.9. The first-order valence-electron chi connectivity index (χ1n) is 38.5. The van der Waals surface area contributed by atoms with Crippen LogP contribution in [0.5, 0.6) is 5.75 Å². The summed E-state index contributed by atoms with van der Waals surface area (Å²) in [4.78, 5) is 229. The monoisotopic (exact) mass is 1680 g/mol. The molecule has 0 radical (unpaired) electrons. The average Bonchev–Trinajstić information content (AvgIpc) is 1.77. The number of hydrogen-bond acceptors (Lipinski definition) is 23. The van der Waals surface area contributed by atoms with Crippen LogP contribution in [0.1, 0.15) is 142 Å². The summed E-state index contributed by atoms with van der Waals surface area (Å²) in [6, 6.07) is -4.61. The number of hydrogen-bond donors (Lipinski definition) is 24. The minimum absolute atomic E-state index is 0.00383. The lowest BCUT2D eigenvalue weighted by Crippen LogP contribution is -2.61. The average molecular weight is 1680 g/mol. The molecule has 3 rings (SSSR count). The van der Waals surface area contributed by atoms with Gasteiger partial charge in [0.1, 0.15) is 78.3 Å². The summed E-state index contributed by atoms with van der Waals surface area (Å²) >= 11 is 8.32. The van der Waals surface area contributed by atoms with Gasteiger partial charge in [-0.2, -0.15) is 25.3 Å². The van der Waals surface area contributed by atoms with Crippen LogP contribution in [0.25, 0.3) is 0 Å². The second-order valence-corrected chi connectivity index (χ2v) is 29.8. The number of carbonyl (C=O) groups excluding carboxylic acids is 14. The molecule has 0 bridgehead atoms. The van der Waals surface area contributed by atoms with Gasteiger partial charge in [-0.05, 0) is 132 Å². The number of benzene rings is 2. The highest BCUT2D eigenvalue weighted by molar-refractivity contribution is 7.80. The Morgan fingerprint density at radius 1 is 0.470 bits per heavy atom. The smallest absolute Gasteiger partial charge is 0.326 e. The van der Waals surface area contributed by atoms with Gasteiger partial charge >= 0.3 is 11.9 Å². The van der Waals surface area contributed by atoms with Gasteiger partial charge in [-0.25, -0.2) is 4.79 Å². The Bertz CT molecular complexity index is 3740. The number of aliphatic imine (C=N–C) groups is 2. The first-order valence-corrected chi connectivity index (χ1v) is 39.8. The molecule has 2 aromatic carbocycles. The lowest BCUT2D eigenvalue weighted by molar-refractivity contribution is -0.142. The molecule has 0 aliphatic carbocycles. The number of phenols is 1. The van der Waals surface area contributed by atoms with E-state index in [2.05, 4.69) is 99.0 Å². The number of rotatable bonds is 54. The van der Waals surface area contributed by atoms with Crippen molar-refractivity contribution in [3.8, 4) is 5.75 Å². The molecule has 1 heterocycles. The minimum Gasteiger partial charge on any atom is -0.508 e. The van der Waals surface area contributed by atoms with E-state index in [9.17, 15) is 92.0 Å². The van der Waals surface area contributed by atoms with Crippen molar-refractivity contribution in [3.05, 3.63) is 65.7 Å². The summed E-state index contributed by atoms with van der Waals surface area (Å²) in [6.07, 6.45) is -1.87. The number of aromatic hydroxyl groups is 1. The molecule has 117 heavy (non-hydrogen) atoms. The highest BCUT2D eigenvalue weighted by Crippen LogP contribution is 2.20. The van der Waals surface area contributed by atoms with Crippen LogP contribution in [0.15, 0.2) is 64.6 Å². The predicted octanol–water partition coefficient (Wildman–Crippen LogP) is -5.63. The molecule has 2 aromatic rings. The number of nitrogens with two attached hydrogens (primary N) is 7. The van der Waals surface area contributed by atoms with Gasteiger partial charge in [0.25, 0.3) is 0 Å². The fourth-order valence-corrected chi connectivity index (χ4v) is 12.5. The standard InChI is InChI=1S/C74H118N22O19S2/c1-39(2)32-51(68(110)95-55(38-117)70(112)90-50(25-27-59(100)101)66(108)87-46(16-9-10-28-75)63(105)92-53(34-43-20-22-44(97)23-21-43)69(111)94-54(72(114)115)35-42-14-7-6-8-15-42)91-64(106)48(18-12-30-83-74(80)81)88-65(107)49(24-26-57(77)98)89-67(109)52(33-40(3)4)93-71(113)56-19-13-31-96(56)58(99)36-84-60(102)41(5)85-62(104)47(17-11-29-82-73(78)79)86-61(103)45(76)37-116/h6-8,14-15,20-23,39-41,45-56,97,116-117H,9-13,16-19,24-38,75-76H2,1-5H3,(H2,77,98)(H,84,102)(H,85,104)(H,86,103)(H,87,108)(H,88,107)(H,89,109)(H,90,112)(H,91,106)(H,92,105)(H,93,113)(H,94,111)(H,95,110)(H,100,101)(H,114,115)(H4,78,79,82)(H4,80,81,83)/t41-,45-,46-,47-,48-,49-,50-,51-,52-,53-,54-,55-,56-/m0/s1. The summed E-state index contributed by atoms with van der Waals surface area (Å²) in [7, 11) is 0. The number of carboxylic acids is 2. The van der Waals surface area contributed by atoms with E-state index >= 15 is 0 Å². The molecule has 14 amide bonds. The van der Waals surface area contributed by atoms with Gasteiger partial charge in [-0.1, -0.05) is 70.2 Å². The highest BCUT2D eigenvalue weighted by atomic mass is 32.1. The third-order valence-electron chi connectivity index (χ3n) is 18.3. The number of primary amides is 1. The number of carboxylic acid groups (broad SMARTS) is 2. The lowest BCUT2D eigenvalue weighted by Gasteiger charge is -2.29. The fraction of sp³-hybridized carbons (Fsp3) is 0.595. The van der Waals surface area contributed by atoms with Crippen molar-refractivity contribution in [3.63, 3.8) is 0 Å². The van der Waals surface area contributed by atoms with Crippen molar-refractivity contribution < 1.29 is 92.0 Å². The van der Waals surface area contributed by atoms with E-state index in [1.807, 2.05) is 0 Å². The number of amides is 14. The van der Waals surface area contributed by atoms with E-state index in [0.717, 1.165) is 0 Å². The molecule has 1 fully saturated rings. The van der Waals surface area contributed by atoms with Gasteiger partial charge in [0.2, 0.25) is 82.7 Å². The van der Waals surface area contributed by atoms with Crippen molar-refractivity contribution in [2.75, 3.05) is 44.2 Å². The number of likely N-dealkylation sites (tertiary alicyclic amines) is 1. The minimum atomic E-state index is -1.74. The summed E-state index contributed by atoms with van der Waals surface area (Å²) in [5.74, 6) is -17.2. The number of carbonyl (C=O) groups is 16. The molecule has 650 valence electrons. The van der Waals surface area contributed by atoms with Crippen LogP contribution in [0, 0.1) is 11.8 Å². The molecular weight excluding hydrogens is 1570 g/mol. The summed E-state index contributed by atoms with van der Waals surface area (Å²) in [5.41, 5.74) is 40.1. The zero-order valence-corrected chi connectivity index (χ0v) is 68.3. The number of unbranched alkanes of at least 4 members (excludes halogenated alkanes) is 1. The van der Waals surface area contributed by atoms with Gasteiger partial charge in [0, 0.05) is 56.8 Å². The van der Waals surface area contributed by atoms with Crippen LogP contribution in [0.3, 0.4) is 0 Å².